The molecule has 1 rings (SSSR count). The highest BCUT2D eigenvalue weighted by Crippen LogP contribution is 2.23. The van der Waals surface area contributed by atoms with Gasteiger partial charge in [0.05, 0.1) is 4.47 Å². The molecule has 0 fully saturated rings. The molecule has 0 unspecified atom stereocenters. The van der Waals surface area contributed by atoms with E-state index in [9.17, 15) is 4.79 Å². The minimum atomic E-state index is -0.130. The van der Waals surface area contributed by atoms with E-state index < -0.39 is 0 Å². The van der Waals surface area contributed by atoms with E-state index in [1.165, 1.54) is 96.3 Å². The maximum absolute atomic E-state index is 12.0. The van der Waals surface area contributed by atoms with Gasteiger partial charge in [-0.05, 0) is 38.3 Å². The Balaban J connectivity index is 1.80. The molecule has 0 aliphatic rings. The van der Waals surface area contributed by atoms with Gasteiger partial charge >= 0.3 is 0 Å². The quantitative estimate of drug-likeness (QED) is 0.193. The average Bonchev–Trinajstić information content (AvgIpc) is 3.03. The molecule has 0 aromatic carbocycles. The first-order chi connectivity index (χ1) is 13.7. The number of carbonyl (C=O) groups is 1. The summed E-state index contributed by atoms with van der Waals surface area (Å²) in [4.78, 5) is 12.0. The van der Waals surface area contributed by atoms with Gasteiger partial charge in [0.15, 0.2) is 5.69 Å². The zero-order chi connectivity index (χ0) is 20.5. The molecule has 4 nitrogen and oxygen atoms in total. The normalized spacial score (nSPS) is 11.1. The summed E-state index contributed by atoms with van der Waals surface area (Å²) in [7, 11) is 0. The number of unbranched alkanes of at least 4 members (excludes halogenated alkanes) is 15. The molecule has 162 valence electrons. The van der Waals surface area contributed by atoms with Crippen LogP contribution >= 0.6 is 31.9 Å². The van der Waals surface area contributed by atoms with E-state index in [-0.39, 0.29) is 5.91 Å². The van der Waals surface area contributed by atoms with Crippen LogP contribution in [0.1, 0.15) is 120 Å². The summed E-state index contributed by atoms with van der Waals surface area (Å²) in [5.41, 5.74) is 0.406. The Morgan fingerprint density at radius 3 is 1.61 bits per heavy atom. The van der Waals surface area contributed by atoms with Crippen LogP contribution < -0.4 is 5.32 Å². The lowest BCUT2D eigenvalue weighted by Gasteiger charge is -2.05. The second kappa shape index (κ2) is 17.5. The van der Waals surface area contributed by atoms with E-state index >= 15 is 0 Å². The van der Waals surface area contributed by atoms with Crippen molar-refractivity contribution in [3.63, 3.8) is 0 Å². The number of nitrogens with zero attached hydrogens (tertiary/aromatic N) is 1. The number of hydrogen-bond donors (Lipinski definition) is 2. The number of nitrogens with one attached hydrogen (secondary N) is 2. The molecule has 0 bridgehead atoms. The largest absolute Gasteiger partial charge is 0.351 e. The molecule has 1 heterocycles. The molecule has 2 N–H and O–H groups in total. The third kappa shape index (κ3) is 12.3. The summed E-state index contributed by atoms with van der Waals surface area (Å²) in [5, 5.41) is 9.65. The summed E-state index contributed by atoms with van der Waals surface area (Å²) in [5.74, 6) is -0.130. The van der Waals surface area contributed by atoms with Gasteiger partial charge in [0.1, 0.15) is 4.60 Å². The lowest BCUT2D eigenvalue weighted by atomic mass is 10.0. The molecule has 1 aromatic heterocycles. The smallest absolute Gasteiger partial charge is 0.273 e. The summed E-state index contributed by atoms with van der Waals surface area (Å²) in [6.45, 7) is 3.00. The lowest BCUT2D eigenvalue weighted by Crippen LogP contribution is -2.25. The minimum absolute atomic E-state index is 0.130. The van der Waals surface area contributed by atoms with Crippen molar-refractivity contribution in [3.05, 3.63) is 14.8 Å². The van der Waals surface area contributed by atoms with Crippen molar-refractivity contribution in [1.82, 2.24) is 15.5 Å². The van der Waals surface area contributed by atoms with Crippen molar-refractivity contribution in [1.29, 1.82) is 0 Å². The van der Waals surface area contributed by atoms with Gasteiger partial charge in [0, 0.05) is 6.54 Å². The number of amides is 1. The van der Waals surface area contributed by atoms with Gasteiger partial charge in [-0.3, -0.25) is 9.89 Å². The van der Waals surface area contributed by atoms with E-state index in [0.717, 1.165) is 6.42 Å². The van der Waals surface area contributed by atoms with Crippen molar-refractivity contribution < 1.29 is 4.79 Å². The Morgan fingerprint density at radius 2 is 1.21 bits per heavy atom. The first kappa shape index (κ1) is 25.7. The molecule has 1 aromatic rings. The van der Waals surface area contributed by atoms with Crippen LogP contribution in [0.25, 0.3) is 0 Å². The van der Waals surface area contributed by atoms with Crippen molar-refractivity contribution in [3.8, 4) is 0 Å². The molecule has 28 heavy (non-hydrogen) atoms. The van der Waals surface area contributed by atoms with Crippen LogP contribution in [0.2, 0.25) is 0 Å². The highest BCUT2D eigenvalue weighted by molar-refractivity contribution is 9.13. The third-order valence-electron chi connectivity index (χ3n) is 5.20. The van der Waals surface area contributed by atoms with E-state index in [2.05, 4.69) is 54.3 Å². The molecule has 1 amide bonds. The van der Waals surface area contributed by atoms with Crippen molar-refractivity contribution >= 4 is 37.8 Å². The van der Waals surface area contributed by atoms with Crippen LogP contribution in [-0.4, -0.2) is 22.6 Å². The fourth-order valence-electron chi connectivity index (χ4n) is 3.42. The summed E-state index contributed by atoms with van der Waals surface area (Å²) in [6, 6.07) is 0. The maximum Gasteiger partial charge on any atom is 0.273 e. The SMILES string of the molecule is CCCCCCCCCCCCCCCCCCNC(=O)c1n[nH]c(Br)c1Br. The van der Waals surface area contributed by atoms with E-state index in [1.807, 2.05) is 0 Å². The number of rotatable bonds is 18. The number of halogens is 2. The predicted octanol–water partition coefficient (Wildman–Crippen LogP) is 7.93. The Morgan fingerprint density at radius 1 is 0.786 bits per heavy atom. The van der Waals surface area contributed by atoms with Gasteiger partial charge in [0.2, 0.25) is 0 Å². The molecule has 0 aliphatic heterocycles. The maximum atomic E-state index is 12.0. The third-order valence-corrected chi connectivity index (χ3v) is 7.08. The van der Waals surface area contributed by atoms with Crippen molar-refractivity contribution in [2.75, 3.05) is 6.54 Å². The topological polar surface area (TPSA) is 57.8 Å². The van der Waals surface area contributed by atoms with Crippen molar-refractivity contribution in [2.45, 2.75) is 110 Å². The number of carbonyl (C=O) groups excluding carboxylic acids is 1. The number of H-pyrrole nitrogens is 1. The first-order valence-electron chi connectivity index (χ1n) is 11.3. The highest BCUT2D eigenvalue weighted by atomic mass is 79.9. The van der Waals surface area contributed by atoms with Crippen LogP contribution in [-0.2, 0) is 0 Å². The lowest BCUT2D eigenvalue weighted by molar-refractivity contribution is 0.0947. The molecular weight excluding hydrogens is 482 g/mol. The first-order valence-corrected chi connectivity index (χ1v) is 12.9. The fourth-order valence-corrected chi connectivity index (χ4v) is 4.05. The Kier molecular flexibility index (Phi) is 16.0. The summed E-state index contributed by atoms with van der Waals surface area (Å²) >= 11 is 6.64. The predicted molar refractivity (Wildman–Crippen MR) is 126 cm³/mol. The monoisotopic (exact) mass is 519 g/mol. The summed E-state index contributed by atoms with van der Waals surface area (Å²) in [6.07, 6.45) is 21.7. The van der Waals surface area contributed by atoms with Gasteiger partial charge in [-0.15, -0.1) is 0 Å². The Bertz CT molecular complexity index is 520. The molecule has 0 saturated heterocycles. The van der Waals surface area contributed by atoms with Crippen LogP contribution in [0.5, 0.6) is 0 Å². The minimum Gasteiger partial charge on any atom is -0.351 e. The van der Waals surface area contributed by atoms with Gasteiger partial charge in [-0.25, -0.2) is 0 Å². The second-order valence-corrected chi connectivity index (χ2v) is 9.35. The van der Waals surface area contributed by atoms with Gasteiger partial charge in [0.25, 0.3) is 5.91 Å². The molecule has 0 aliphatic carbocycles. The summed E-state index contributed by atoms with van der Waals surface area (Å²) < 4.78 is 1.37. The van der Waals surface area contributed by atoms with E-state index in [4.69, 9.17) is 0 Å². The molecular formula is C22H39Br2N3O. The Hall–Kier alpha value is -0.360. The zero-order valence-electron chi connectivity index (χ0n) is 17.6. The van der Waals surface area contributed by atoms with Gasteiger partial charge in [-0.1, -0.05) is 103 Å². The number of aromatic amines is 1. The molecule has 0 radical (unpaired) electrons. The zero-order valence-corrected chi connectivity index (χ0v) is 20.8. The number of hydrogen-bond acceptors (Lipinski definition) is 2. The van der Waals surface area contributed by atoms with Crippen LogP contribution in [0, 0.1) is 0 Å². The number of aromatic nitrogens is 2. The van der Waals surface area contributed by atoms with E-state index in [0.29, 0.717) is 21.3 Å². The Labute approximate surface area is 188 Å². The van der Waals surface area contributed by atoms with Crippen molar-refractivity contribution in [2.24, 2.45) is 0 Å². The van der Waals surface area contributed by atoms with Crippen LogP contribution in [0.4, 0.5) is 0 Å². The van der Waals surface area contributed by atoms with Gasteiger partial charge < -0.3 is 5.32 Å². The standard InChI is InChI=1S/C22H39Br2N3O/c1-2-3-4-5-6-7-8-9-10-11-12-13-14-15-16-17-18-25-22(28)20-19(23)21(24)27-26-20/h2-18H2,1H3,(H,25,28)(H,26,27). The highest BCUT2D eigenvalue weighted by Gasteiger charge is 2.15. The fraction of sp³-hybridized carbons (Fsp3) is 0.818. The van der Waals surface area contributed by atoms with Gasteiger partial charge in [-0.2, -0.15) is 5.10 Å². The van der Waals surface area contributed by atoms with Crippen LogP contribution in [0.3, 0.4) is 0 Å². The van der Waals surface area contributed by atoms with Crippen LogP contribution in [0.15, 0.2) is 9.08 Å². The molecule has 0 saturated carbocycles. The van der Waals surface area contributed by atoms with E-state index in [1.54, 1.807) is 0 Å². The second-order valence-electron chi connectivity index (χ2n) is 7.76. The molecule has 6 heteroatoms. The average molecular weight is 521 g/mol. The molecule has 0 spiro atoms. The molecule has 0 atom stereocenters.